The summed E-state index contributed by atoms with van der Waals surface area (Å²) in [5.74, 6) is -1.83. The Morgan fingerprint density at radius 1 is 1.16 bits per heavy atom. The third-order valence-electron chi connectivity index (χ3n) is 3.51. The van der Waals surface area contributed by atoms with Crippen LogP contribution in [-0.2, 0) is 14.3 Å². The van der Waals surface area contributed by atoms with E-state index in [1.165, 1.54) is 7.11 Å². The number of aromatic amines is 1. The molecular formula is C17H17ClN2O5. The molecule has 1 aromatic heterocycles. The molecule has 8 heteroatoms. The maximum atomic E-state index is 12.2. The molecule has 25 heavy (non-hydrogen) atoms. The second kappa shape index (κ2) is 7.85. The van der Waals surface area contributed by atoms with Crippen LogP contribution in [0, 0.1) is 13.8 Å². The molecule has 1 amide bonds. The zero-order chi connectivity index (χ0) is 18.6. The number of H-pyrrole nitrogens is 1. The first-order chi connectivity index (χ1) is 11.8. The predicted octanol–water partition coefficient (Wildman–Crippen LogP) is 2.87. The smallest absolute Gasteiger partial charge is 0.355 e. The van der Waals surface area contributed by atoms with E-state index in [9.17, 15) is 14.4 Å². The van der Waals surface area contributed by atoms with Gasteiger partial charge in [-0.15, -0.1) is 0 Å². The van der Waals surface area contributed by atoms with E-state index in [2.05, 4.69) is 15.0 Å². The summed E-state index contributed by atoms with van der Waals surface area (Å²) in [6.45, 7) is 2.74. The fourth-order valence-corrected chi connectivity index (χ4v) is 2.50. The molecule has 2 rings (SSSR count). The highest BCUT2D eigenvalue weighted by Gasteiger charge is 2.23. The van der Waals surface area contributed by atoms with Crippen LogP contribution >= 0.6 is 11.6 Å². The number of anilines is 1. The largest absolute Gasteiger partial charge is 0.465 e. The molecule has 0 radical (unpaired) electrons. The third-order valence-corrected chi connectivity index (χ3v) is 3.84. The second-order valence-corrected chi connectivity index (χ2v) is 5.63. The van der Waals surface area contributed by atoms with Gasteiger partial charge in [-0.1, -0.05) is 23.7 Å². The topological polar surface area (TPSA) is 97.5 Å². The van der Waals surface area contributed by atoms with Crippen molar-refractivity contribution in [1.82, 2.24) is 4.98 Å². The van der Waals surface area contributed by atoms with Crippen molar-refractivity contribution in [2.24, 2.45) is 0 Å². The Labute approximate surface area is 149 Å². The molecule has 0 saturated carbocycles. The van der Waals surface area contributed by atoms with Gasteiger partial charge in [0.25, 0.3) is 5.91 Å². The summed E-state index contributed by atoms with van der Waals surface area (Å²) in [5.41, 5.74) is 1.68. The maximum Gasteiger partial charge on any atom is 0.355 e. The number of rotatable bonds is 5. The van der Waals surface area contributed by atoms with E-state index in [0.717, 1.165) is 0 Å². The van der Waals surface area contributed by atoms with Crippen molar-refractivity contribution >= 4 is 35.1 Å². The van der Waals surface area contributed by atoms with Crippen molar-refractivity contribution in [3.05, 3.63) is 51.8 Å². The molecule has 2 aromatic rings. The van der Waals surface area contributed by atoms with E-state index in [1.807, 2.05) is 0 Å². The molecule has 0 saturated heterocycles. The number of aromatic nitrogens is 1. The summed E-state index contributed by atoms with van der Waals surface area (Å²) in [6.07, 6.45) is 0. The number of methoxy groups -OCH3 is 1. The van der Waals surface area contributed by atoms with E-state index in [4.69, 9.17) is 16.3 Å². The summed E-state index contributed by atoms with van der Waals surface area (Å²) < 4.78 is 9.67. The van der Waals surface area contributed by atoms with Gasteiger partial charge in [0.15, 0.2) is 6.61 Å². The number of halogens is 1. The molecule has 1 heterocycles. The van der Waals surface area contributed by atoms with Gasteiger partial charge in [0.05, 0.1) is 23.4 Å². The molecule has 7 nitrogen and oxygen atoms in total. The number of hydrogen-bond acceptors (Lipinski definition) is 5. The zero-order valence-electron chi connectivity index (χ0n) is 13.9. The van der Waals surface area contributed by atoms with Crippen LogP contribution in [0.25, 0.3) is 0 Å². The maximum absolute atomic E-state index is 12.2. The molecule has 2 N–H and O–H groups in total. The fourth-order valence-electron chi connectivity index (χ4n) is 2.31. The molecule has 0 spiro atoms. The van der Waals surface area contributed by atoms with Gasteiger partial charge < -0.3 is 19.8 Å². The Morgan fingerprint density at radius 3 is 2.48 bits per heavy atom. The van der Waals surface area contributed by atoms with Crippen LogP contribution in [0.5, 0.6) is 0 Å². The van der Waals surface area contributed by atoms with Gasteiger partial charge in [-0.2, -0.15) is 0 Å². The van der Waals surface area contributed by atoms with Gasteiger partial charge in [0, 0.05) is 5.69 Å². The molecule has 0 unspecified atom stereocenters. The Morgan fingerprint density at radius 2 is 1.84 bits per heavy atom. The lowest BCUT2D eigenvalue weighted by molar-refractivity contribution is -0.119. The summed E-state index contributed by atoms with van der Waals surface area (Å²) in [5, 5.41) is 2.92. The minimum Gasteiger partial charge on any atom is -0.465 e. The Balaban J connectivity index is 2.02. The lowest BCUT2D eigenvalue weighted by atomic mass is 10.1. The predicted molar refractivity (Wildman–Crippen MR) is 92.0 cm³/mol. The summed E-state index contributed by atoms with van der Waals surface area (Å²) in [6, 6.07) is 6.70. The van der Waals surface area contributed by atoms with Crippen LogP contribution < -0.4 is 5.32 Å². The Hall–Kier alpha value is -2.80. The number of hydrogen-bond donors (Lipinski definition) is 2. The molecule has 132 valence electrons. The Bertz CT molecular complexity index is 828. The van der Waals surface area contributed by atoms with Gasteiger partial charge >= 0.3 is 11.9 Å². The molecule has 0 bridgehead atoms. The molecule has 0 aliphatic rings. The monoisotopic (exact) mass is 364 g/mol. The number of esters is 2. The number of carbonyl (C=O) groups excluding carboxylic acids is 3. The van der Waals surface area contributed by atoms with Crippen molar-refractivity contribution in [3.63, 3.8) is 0 Å². The number of nitrogens with one attached hydrogen (secondary N) is 2. The van der Waals surface area contributed by atoms with Crippen molar-refractivity contribution in [2.75, 3.05) is 19.0 Å². The van der Waals surface area contributed by atoms with E-state index in [-0.39, 0.29) is 11.3 Å². The lowest BCUT2D eigenvalue weighted by Crippen LogP contribution is -2.21. The van der Waals surface area contributed by atoms with Crippen LogP contribution in [-0.4, -0.2) is 36.5 Å². The molecule has 1 aromatic carbocycles. The number of para-hydroxylation sites is 1. The lowest BCUT2D eigenvalue weighted by Gasteiger charge is -2.07. The second-order valence-electron chi connectivity index (χ2n) is 5.22. The summed E-state index contributed by atoms with van der Waals surface area (Å²) in [4.78, 5) is 38.5. The molecule has 0 aliphatic heterocycles. The van der Waals surface area contributed by atoms with Crippen molar-refractivity contribution in [2.45, 2.75) is 13.8 Å². The third kappa shape index (κ3) is 4.19. The molecule has 0 aliphatic carbocycles. The average molecular weight is 365 g/mol. The standard InChI is InChI=1S/C17H17ClN2O5/c1-9-14(16(22)24-3)10(2)19-15(9)17(23)25-8-13(21)20-12-7-5-4-6-11(12)18/h4-7,19H,8H2,1-3H3,(H,20,21). The van der Waals surface area contributed by atoms with E-state index in [1.54, 1.807) is 38.1 Å². The molecule has 0 fully saturated rings. The van der Waals surface area contributed by atoms with Crippen LogP contribution in [0.15, 0.2) is 24.3 Å². The van der Waals surface area contributed by atoms with Crippen molar-refractivity contribution < 1.29 is 23.9 Å². The highest BCUT2D eigenvalue weighted by atomic mass is 35.5. The highest BCUT2D eigenvalue weighted by molar-refractivity contribution is 6.33. The first-order valence-corrected chi connectivity index (χ1v) is 7.72. The van der Waals surface area contributed by atoms with Gasteiger partial charge in [0.2, 0.25) is 0 Å². The summed E-state index contributed by atoms with van der Waals surface area (Å²) in [7, 11) is 1.26. The number of carbonyl (C=O) groups is 3. The van der Waals surface area contributed by atoms with E-state index < -0.39 is 24.5 Å². The van der Waals surface area contributed by atoms with Gasteiger partial charge in [0.1, 0.15) is 5.69 Å². The normalized spacial score (nSPS) is 10.2. The minimum atomic E-state index is -0.745. The van der Waals surface area contributed by atoms with Gasteiger partial charge in [-0.25, -0.2) is 9.59 Å². The van der Waals surface area contributed by atoms with Crippen LogP contribution in [0.3, 0.4) is 0 Å². The van der Waals surface area contributed by atoms with Gasteiger partial charge in [-0.05, 0) is 31.5 Å². The fraction of sp³-hybridized carbons (Fsp3) is 0.235. The van der Waals surface area contributed by atoms with Crippen molar-refractivity contribution in [1.29, 1.82) is 0 Å². The molecule has 0 atom stereocenters. The number of aryl methyl sites for hydroxylation is 1. The Kier molecular flexibility index (Phi) is 5.82. The first-order valence-electron chi connectivity index (χ1n) is 7.34. The first kappa shape index (κ1) is 18.5. The highest BCUT2D eigenvalue weighted by Crippen LogP contribution is 2.21. The zero-order valence-corrected chi connectivity index (χ0v) is 14.7. The number of ether oxygens (including phenoxy) is 2. The number of amides is 1. The molecular weight excluding hydrogens is 348 g/mol. The van der Waals surface area contributed by atoms with Crippen LogP contribution in [0.4, 0.5) is 5.69 Å². The van der Waals surface area contributed by atoms with E-state index in [0.29, 0.717) is 22.0 Å². The number of benzene rings is 1. The summed E-state index contributed by atoms with van der Waals surface area (Å²) >= 11 is 5.94. The average Bonchev–Trinajstić information content (AvgIpc) is 2.88. The van der Waals surface area contributed by atoms with Crippen LogP contribution in [0.2, 0.25) is 5.02 Å². The SMILES string of the molecule is COC(=O)c1c(C)[nH]c(C(=O)OCC(=O)Nc2ccccc2Cl)c1C. The van der Waals surface area contributed by atoms with Crippen molar-refractivity contribution in [3.8, 4) is 0 Å². The minimum absolute atomic E-state index is 0.100. The van der Waals surface area contributed by atoms with E-state index >= 15 is 0 Å². The van der Waals surface area contributed by atoms with Crippen LogP contribution in [0.1, 0.15) is 32.1 Å². The van der Waals surface area contributed by atoms with Gasteiger partial charge in [-0.3, -0.25) is 4.79 Å². The quantitative estimate of drug-likeness (QED) is 0.795.